The van der Waals surface area contributed by atoms with Crippen LogP contribution in [-0.2, 0) is 14.3 Å². The van der Waals surface area contributed by atoms with Crippen molar-refractivity contribution in [2.24, 2.45) is 5.92 Å². The highest BCUT2D eigenvalue weighted by Gasteiger charge is 2.38. The van der Waals surface area contributed by atoms with Crippen molar-refractivity contribution in [1.82, 2.24) is 0 Å². The lowest BCUT2D eigenvalue weighted by Gasteiger charge is -2.35. The summed E-state index contributed by atoms with van der Waals surface area (Å²) in [5, 5.41) is 11.0. The second-order valence-electron chi connectivity index (χ2n) is 6.19. The van der Waals surface area contributed by atoms with Crippen LogP contribution in [0.4, 0.5) is 11.4 Å². The molecular formula is C17H22N2O6. The monoisotopic (exact) mass is 350 g/mol. The molecule has 0 N–H and O–H groups in total. The van der Waals surface area contributed by atoms with Gasteiger partial charge in [0, 0.05) is 12.1 Å². The summed E-state index contributed by atoms with van der Waals surface area (Å²) in [7, 11) is 0. The number of unbranched alkanes of at least 4 members (excludes halogenated alkanes) is 1. The topological polar surface area (TPSA) is 99.0 Å². The van der Waals surface area contributed by atoms with E-state index in [2.05, 4.69) is 0 Å². The van der Waals surface area contributed by atoms with Crippen molar-refractivity contribution in [3.8, 4) is 5.75 Å². The number of fused-ring (bicyclic) bond motifs is 1. The molecule has 1 aromatic carbocycles. The van der Waals surface area contributed by atoms with Crippen molar-refractivity contribution in [3.63, 3.8) is 0 Å². The van der Waals surface area contributed by atoms with Crippen LogP contribution in [0.15, 0.2) is 18.2 Å². The quantitative estimate of drug-likeness (QED) is 0.324. The van der Waals surface area contributed by atoms with E-state index in [1.165, 1.54) is 23.1 Å². The number of non-ortho nitro benzene ring substituents is 1. The van der Waals surface area contributed by atoms with Crippen LogP contribution in [0.5, 0.6) is 5.75 Å². The predicted molar refractivity (Wildman–Crippen MR) is 90.6 cm³/mol. The van der Waals surface area contributed by atoms with Crippen molar-refractivity contribution >= 4 is 23.3 Å². The minimum atomic E-state index is -0.752. The number of ether oxygens (including phenoxy) is 2. The van der Waals surface area contributed by atoms with E-state index in [1.54, 1.807) is 0 Å². The lowest BCUT2D eigenvalue weighted by atomic mass is 10.0. The number of nitro groups is 1. The van der Waals surface area contributed by atoms with Gasteiger partial charge in [-0.3, -0.25) is 24.6 Å². The van der Waals surface area contributed by atoms with Gasteiger partial charge in [0.15, 0.2) is 6.10 Å². The van der Waals surface area contributed by atoms with Crippen LogP contribution < -0.4 is 9.64 Å². The van der Waals surface area contributed by atoms with Crippen LogP contribution in [-0.4, -0.2) is 36.1 Å². The predicted octanol–water partition coefficient (Wildman–Crippen LogP) is 2.69. The molecule has 0 aliphatic carbocycles. The van der Waals surface area contributed by atoms with Gasteiger partial charge in [-0.15, -0.1) is 0 Å². The van der Waals surface area contributed by atoms with Crippen LogP contribution in [0.3, 0.4) is 0 Å². The van der Waals surface area contributed by atoms with Crippen molar-refractivity contribution in [2.45, 2.75) is 39.7 Å². The van der Waals surface area contributed by atoms with Crippen LogP contribution >= 0.6 is 0 Å². The summed E-state index contributed by atoms with van der Waals surface area (Å²) in [6, 6.07) is 4.00. The molecular weight excluding hydrogens is 328 g/mol. The van der Waals surface area contributed by atoms with E-state index < -0.39 is 22.9 Å². The fourth-order valence-corrected chi connectivity index (χ4v) is 2.48. The van der Waals surface area contributed by atoms with Crippen molar-refractivity contribution in [2.75, 3.05) is 18.1 Å². The van der Waals surface area contributed by atoms with Crippen molar-refractivity contribution in [3.05, 3.63) is 28.3 Å². The van der Waals surface area contributed by atoms with Gasteiger partial charge in [0.1, 0.15) is 12.3 Å². The third-order valence-electron chi connectivity index (χ3n) is 3.86. The van der Waals surface area contributed by atoms with Crippen molar-refractivity contribution < 1.29 is 24.0 Å². The average Bonchev–Trinajstić information content (AvgIpc) is 2.56. The summed E-state index contributed by atoms with van der Waals surface area (Å²) in [5.41, 5.74) is 0.0334. The number of carbonyl (C=O) groups is 2. The van der Waals surface area contributed by atoms with Gasteiger partial charge in [-0.05, 0) is 18.4 Å². The molecule has 136 valence electrons. The van der Waals surface area contributed by atoms with Gasteiger partial charge in [-0.2, -0.15) is 0 Å². The van der Waals surface area contributed by atoms with E-state index in [1.807, 2.05) is 20.8 Å². The van der Waals surface area contributed by atoms with Gasteiger partial charge >= 0.3 is 5.97 Å². The first-order chi connectivity index (χ1) is 11.8. The molecule has 1 aromatic rings. The molecule has 0 saturated carbocycles. The van der Waals surface area contributed by atoms with Crippen molar-refractivity contribution in [1.29, 1.82) is 0 Å². The normalized spacial score (nSPS) is 16.4. The van der Waals surface area contributed by atoms with E-state index in [4.69, 9.17) is 9.47 Å². The number of amides is 1. The maximum Gasteiger partial charge on any atom is 0.326 e. The number of hydrogen-bond acceptors (Lipinski definition) is 6. The molecule has 1 unspecified atom stereocenters. The fraction of sp³-hybridized carbons (Fsp3) is 0.529. The Morgan fingerprint density at radius 3 is 2.76 bits per heavy atom. The van der Waals surface area contributed by atoms with E-state index in [0.29, 0.717) is 5.75 Å². The van der Waals surface area contributed by atoms with Crippen LogP contribution in [0.2, 0.25) is 0 Å². The van der Waals surface area contributed by atoms with Gasteiger partial charge < -0.3 is 9.47 Å². The standard InChI is InChI=1S/C17H22N2O6/c1-4-5-8-24-15(20)10-18-13-9-12(19(22)23)6-7-14(13)25-16(11(2)3)17(18)21/h6-7,9,11,16H,4-5,8,10H2,1-3H3. The SMILES string of the molecule is CCCCOC(=O)CN1C(=O)C(C(C)C)Oc2ccc([N+](=O)[O-])cc21. The number of hydrogen-bond donors (Lipinski definition) is 0. The van der Waals surface area contributed by atoms with Gasteiger partial charge in [-0.25, -0.2) is 0 Å². The number of anilines is 1. The average molecular weight is 350 g/mol. The van der Waals surface area contributed by atoms with E-state index in [-0.39, 0.29) is 30.4 Å². The highest BCUT2D eigenvalue weighted by molar-refractivity contribution is 6.03. The zero-order chi connectivity index (χ0) is 18.6. The number of esters is 1. The summed E-state index contributed by atoms with van der Waals surface area (Å²) in [5.74, 6) is -0.737. The Kier molecular flexibility index (Phi) is 5.95. The lowest BCUT2D eigenvalue weighted by molar-refractivity contribution is -0.384. The molecule has 0 radical (unpaired) electrons. The largest absolute Gasteiger partial charge is 0.478 e. The molecule has 0 bridgehead atoms. The van der Waals surface area contributed by atoms with E-state index >= 15 is 0 Å². The Labute approximate surface area is 145 Å². The number of carbonyl (C=O) groups excluding carboxylic acids is 2. The number of nitrogens with zero attached hydrogens (tertiary/aromatic N) is 2. The second-order valence-corrected chi connectivity index (χ2v) is 6.19. The summed E-state index contributed by atoms with van der Waals surface area (Å²) >= 11 is 0. The summed E-state index contributed by atoms with van der Waals surface area (Å²) in [6.07, 6.45) is 0.866. The van der Waals surface area contributed by atoms with Gasteiger partial charge in [-0.1, -0.05) is 27.2 Å². The Morgan fingerprint density at radius 1 is 1.44 bits per heavy atom. The van der Waals surface area contributed by atoms with Crippen LogP contribution in [0.25, 0.3) is 0 Å². The summed E-state index contributed by atoms with van der Waals surface area (Å²) in [4.78, 5) is 36.4. The maximum atomic E-state index is 12.7. The molecule has 1 heterocycles. The molecule has 1 aliphatic heterocycles. The smallest absolute Gasteiger partial charge is 0.326 e. The van der Waals surface area contributed by atoms with Crippen LogP contribution in [0.1, 0.15) is 33.6 Å². The first kappa shape index (κ1) is 18.7. The zero-order valence-corrected chi connectivity index (χ0v) is 14.6. The maximum absolute atomic E-state index is 12.7. The second kappa shape index (κ2) is 7.96. The fourth-order valence-electron chi connectivity index (χ4n) is 2.48. The molecule has 1 atom stereocenters. The first-order valence-electron chi connectivity index (χ1n) is 8.27. The first-order valence-corrected chi connectivity index (χ1v) is 8.27. The Balaban J connectivity index is 2.31. The van der Waals surface area contributed by atoms with Crippen LogP contribution in [0, 0.1) is 16.0 Å². The highest BCUT2D eigenvalue weighted by Crippen LogP contribution is 2.38. The minimum Gasteiger partial charge on any atom is -0.478 e. The highest BCUT2D eigenvalue weighted by atomic mass is 16.6. The number of benzene rings is 1. The number of nitro benzene ring substituents is 1. The molecule has 8 nitrogen and oxygen atoms in total. The summed E-state index contributed by atoms with van der Waals surface area (Å²) in [6.45, 7) is 5.61. The minimum absolute atomic E-state index is 0.116. The van der Waals surface area contributed by atoms with E-state index in [9.17, 15) is 19.7 Å². The van der Waals surface area contributed by atoms with Gasteiger partial charge in [0.05, 0.1) is 17.2 Å². The molecule has 2 rings (SSSR count). The lowest BCUT2D eigenvalue weighted by Crippen LogP contribution is -2.50. The molecule has 1 amide bonds. The molecule has 0 aromatic heterocycles. The zero-order valence-electron chi connectivity index (χ0n) is 14.6. The molecule has 8 heteroatoms. The molecule has 1 aliphatic rings. The summed E-state index contributed by atoms with van der Waals surface area (Å²) < 4.78 is 10.8. The van der Waals surface area contributed by atoms with Gasteiger partial charge in [0.25, 0.3) is 11.6 Å². The molecule has 0 spiro atoms. The third-order valence-corrected chi connectivity index (χ3v) is 3.86. The number of rotatable bonds is 7. The van der Waals surface area contributed by atoms with E-state index in [0.717, 1.165) is 12.8 Å². The molecule has 0 fully saturated rings. The molecule has 25 heavy (non-hydrogen) atoms. The van der Waals surface area contributed by atoms with Gasteiger partial charge in [0.2, 0.25) is 0 Å². The Morgan fingerprint density at radius 2 is 2.16 bits per heavy atom. The Bertz CT molecular complexity index is 673. The molecule has 0 saturated heterocycles. The Hall–Kier alpha value is -2.64. The third kappa shape index (κ3) is 4.26.